The van der Waals surface area contributed by atoms with E-state index in [2.05, 4.69) is 47.4 Å². The lowest BCUT2D eigenvalue weighted by Crippen LogP contribution is -2.19. The van der Waals surface area contributed by atoms with Crippen LogP contribution in [0.25, 0.3) is 10.8 Å². The van der Waals surface area contributed by atoms with Crippen LogP contribution in [0.5, 0.6) is 0 Å². The van der Waals surface area contributed by atoms with Crippen LogP contribution in [0.1, 0.15) is 28.3 Å². The molecule has 1 heterocycles. The second-order valence-electron chi connectivity index (χ2n) is 6.36. The van der Waals surface area contributed by atoms with Crippen molar-refractivity contribution >= 4 is 22.4 Å². The van der Waals surface area contributed by atoms with Gasteiger partial charge in [0.15, 0.2) is 0 Å². The fourth-order valence-electron chi connectivity index (χ4n) is 3.67. The number of nitrogens with zero attached hydrogens (tertiary/aromatic N) is 1. The average Bonchev–Trinajstić information content (AvgIpc) is 3.11. The molecule has 1 fully saturated rings. The summed E-state index contributed by atoms with van der Waals surface area (Å²) in [6.07, 6.45) is 0.983. The summed E-state index contributed by atoms with van der Waals surface area (Å²) in [6.45, 7) is 1.82. The third kappa shape index (κ3) is 2.62. The van der Waals surface area contributed by atoms with Gasteiger partial charge in [-0.25, -0.2) is 4.79 Å². The number of hydrogen-bond acceptors (Lipinski definition) is 2. The summed E-state index contributed by atoms with van der Waals surface area (Å²) in [7, 11) is 0. The van der Waals surface area contributed by atoms with Crippen LogP contribution < -0.4 is 4.90 Å². The highest BCUT2D eigenvalue weighted by Crippen LogP contribution is 2.33. The third-order valence-electron chi connectivity index (χ3n) is 4.92. The molecule has 0 radical (unpaired) electrons. The lowest BCUT2D eigenvalue weighted by molar-refractivity contribution is 0.0695. The number of hydrogen-bond donors (Lipinski definition) is 1. The monoisotopic (exact) mass is 317 g/mol. The Kier molecular flexibility index (Phi) is 3.69. The molecule has 3 nitrogen and oxygen atoms in total. The Bertz CT molecular complexity index is 903. The predicted octanol–water partition coefficient (Wildman–Crippen LogP) is 4.53. The molecule has 0 amide bonds. The van der Waals surface area contributed by atoms with Crippen LogP contribution in [-0.2, 0) is 0 Å². The molecule has 1 aliphatic rings. The molecule has 0 spiro atoms. The lowest BCUT2D eigenvalue weighted by atomic mass is 9.93. The van der Waals surface area contributed by atoms with Gasteiger partial charge >= 0.3 is 5.97 Å². The van der Waals surface area contributed by atoms with Crippen molar-refractivity contribution in [3.8, 4) is 0 Å². The fraction of sp³-hybridized carbons (Fsp3) is 0.190. The topological polar surface area (TPSA) is 40.5 Å². The second kappa shape index (κ2) is 6.00. The molecule has 1 atom stereocenters. The third-order valence-corrected chi connectivity index (χ3v) is 4.92. The molecule has 0 saturated carbocycles. The number of anilines is 1. The molecule has 1 N–H and O–H groups in total. The van der Waals surface area contributed by atoms with Crippen molar-refractivity contribution in [2.75, 3.05) is 18.0 Å². The predicted molar refractivity (Wildman–Crippen MR) is 96.9 cm³/mol. The molecule has 0 aliphatic carbocycles. The molecule has 1 unspecified atom stereocenters. The fourth-order valence-corrected chi connectivity index (χ4v) is 3.67. The maximum atomic E-state index is 11.5. The van der Waals surface area contributed by atoms with Crippen molar-refractivity contribution in [2.24, 2.45) is 0 Å². The van der Waals surface area contributed by atoms with Crippen molar-refractivity contribution < 1.29 is 9.90 Å². The number of rotatable bonds is 3. The first-order chi connectivity index (χ1) is 11.7. The van der Waals surface area contributed by atoms with Gasteiger partial charge in [0.2, 0.25) is 0 Å². The summed E-state index contributed by atoms with van der Waals surface area (Å²) < 4.78 is 0. The maximum Gasteiger partial charge on any atom is 0.335 e. The van der Waals surface area contributed by atoms with Crippen molar-refractivity contribution in [3.05, 3.63) is 77.9 Å². The number of benzene rings is 3. The van der Waals surface area contributed by atoms with Gasteiger partial charge < -0.3 is 10.0 Å². The highest BCUT2D eigenvalue weighted by Gasteiger charge is 2.27. The van der Waals surface area contributed by atoms with Gasteiger partial charge in [0, 0.05) is 24.7 Å². The van der Waals surface area contributed by atoms with E-state index in [9.17, 15) is 9.90 Å². The van der Waals surface area contributed by atoms with Crippen LogP contribution in [0.15, 0.2) is 66.7 Å². The van der Waals surface area contributed by atoms with Gasteiger partial charge in [-0.2, -0.15) is 0 Å². The number of fused-ring (bicyclic) bond motifs is 1. The van der Waals surface area contributed by atoms with E-state index in [1.165, 1.54) is 16.5 Å². The van der Waals surface area contributed by atoms with Crippen molar-refractivity contribution in [2.45, 2.75) is 12.3 Å². The second-order valence-corrected chi connectivity index (χ2v) is 6.36. The summed E-state index contributed by atoms with van der Waals surface area (Å²) in [4.78, 5) is 13.8. The number of aromatic carboxylic acids is 1. The van der Waals surface area contributed by atoms with E-state index in [1.54, 1.807) is 12.1 Å². The molecule has 3 aromatic carbocycles. The first-order valence-corrected chi connectivity index (χ1v) is 8.28. The van der Waals surface area contributed by atoms with E-state index < -0.39 is 5.97 Å². The highest BCUT2D eigenvalue weighted by molar-refractivity contribution is 5.90. The molecule has 1 aliphatic heterocycles. The summed E-state index contributed by atoms with van der Waals surface area (Å²) in [5.41, 5.74) is 2.60. The van der Waals surface area contributed by atoms with Gasteiger partial charge in [0.1, 0.15) is 0 Å². The standard InChI is InChI=1S/C21H19NO2/c23-21(24)20-8-4-3-7-19(20)17-11-12-22(14-17)18-10-9-15-5-1-2-6-16(15)13-18/h1-10,13,17H,11-12,14H2,(H,23,24). The van der Waals surface area contributed by atoms with Gasteiger partial charge in [-0.1, -0.05) is 48.5 Å². The van der Waals surface area contributed by atoms with E-state index >= 15 is 0 Å². The Morgan fingerprint density at radius 1 is 0.958 bits per heavy atom. The molecular weight excluding hydrogens is 298 g/mol. The number of carboxylic acid groups (broad SMARTS) is 1. The highest BCUT2D eigenvalue weighted by atomic mass is 16.4. The maximum absolute atomic E-state index is 11.5. The van der Waals surface area contributed by atoms with E-state index in [0.717, 1.165) is 25.1 Å². The SMILES string of the molecule is O=C(O)c1ccccc1C1CCN(c2ccc3ccccc3c2)C1. The molecule has 0 aromatic heterocycles. The van der Waals surface area contributed by atoms with Gasteiger partial charge in [0.25, 0.3) is 0 Å². The molecule has 3 aromatic rings. The van der Waals surface area contributed by atoms with Crippen LogP contribution in [0.4, 0.5) is 5.69 Å². The zero-order valence-corrected chi connectivity index (χ0v) is 13.4. The first-order valence-electron chi connectivity index (χ1n) is 8.28. The summed E-state index contributed by atoms with van der Waals surface area (Å²) in [5, 5.41) is 11.9. The summed E-state index contributed by atoms with van der Waals surface area (Å²) in [5.74, 6) is -0.571. The Morgan fingerprint density at radius 3 is 2.54 bits per heavy atom. The van der Waals surface area contributed by atoms with Gasteiger partial charge in [-0.05, 0) is 41.0 Å². The minimum Gasteiger partial charge on any atom is -0.478 e. The number of carbonyl (C=O) groups is 1. The molecule has 0 bridgehead atoms. The van der Waals surface area contributed by atoms with Crippen molar-refractivity contribution in [1.29, 1.82) is 0 Å². The Hall–Kier alpha value is -2.81. The van der Waals surface area contributed by atoms with E-state index in [1.807, 2.05) is 12.1 Å². The van der Waals surface area contributed by atoms with Crippen LogP contribution in [0.2, 0.25) is 0 Å². The first kappa shape index (κ1) is 14.8. The molecular formula is C21H19NO2. The van der Waals surface area contributed by atoms with Crippen molar-refractivity contribution in [3.63, 3.8) is 0 Å². The quantitative estimate of drug-likeness (QED) is 0.771. The average molecular weight is 317 g/mol. The zero-order valence-electron chi connectivity index (χ0n) is 13.4. The van der Waals surface area contributed by atoms with Crippen LogP contribution in [0.3, 0.4) is 0 Å². The zero-order chi connectivity index (χ0) is 16.5. The smallest absolute Gasteiger partial charge is 0.335 e. The molecule has 120 valence electrons. The molecule has 4 rings (SSSR count). The van der Waals surface area contributed by atoms with Crippen LogP contribution >= 0.6 is 0 Å². The van der Waals surface area contributed by atoms with E-state index in [0.29, 0.717) is 5.56 Å². The van der Waals surface area contributed by atoms with Crippen molar-refractivity contribution in [1.82, 2.24) is 0 Å². The van der Waals surface area contributed by atoms with E-state index in [4.69, 9.17) is 0 Å². The van der Waals surface area contributed by atoms with Gasteiger partial charge in [0.05, 0.1) is 5.56 Å². The van der Waals surface area contributed by atoms with Gasteiger partial charge in [-0.3, -0.25) is 0 Å². The lowest BCUT2D eigenvalue weighted by Gasteiger charge is -2.20. The van der Waals surface area contributed by atoms with E-state index in [-0.39, 0.29) is 5.92 Å². The minimum absolute atomic E-state index is 0.267. The summed E-state index contributed by atoms with van der Waals surface area (Å²) in [6, 6.07) is 22.3. The number of carboxylic acids is 1. The summed E-state index contributed by atoms with van der Waals surface area (Å²) >= 11 is 0. The Balaban J connectivity index is 1.61. The normalized spacial score (nSPS) is 17.3. The van der Waals surface area contributed by atoms with Gasteiger partial charge in [-0.15, -0.1) is 0 Å². The van der Waals surface area contributed by atoms with Crippen LogP contribution in [0, 0.1) is 0 Å². The molecule has 3 heteroatoms. The largest absolute Gasteiger partial charge is 0.478 e. The molecule has 1 saturated heterocycles. The Morgan fingerprint density at radius 2 is 1.71 bits per heavy atom. The Labute approximate surface area is 141 Å². The minimum atomic E-state index is -0.838. The molecule has 24 heavy (non-hydrogen) atoms. The van der Waals surface area contributed by atoms with Crippen LogP contribution in [-0.4, -0.2) is 24.2 Å².